The van der Waals surface area contributed by atoms with Gasteiger partial charge in [0.05, 0.1) is 0 Å². The Morgan fingerprint density at radius 3 is 1.05 bits per heavy atom. The van der Waals surface area contributed by atoms with Gasteiger partial charge in [0.1, 0.15) is 0 Å². The lowest BCUT2D eigenvalue weighted by Gasteiger charge is -2.05. The number of rotatable bonds is 22. The Labute approximate surface area is 240 Å². The van der Waals surface area contributed by atoms with E-state index in [-0.39, 0.29) is 25.7 Å². The number of unbranched alkanes of at least 4 members (excludes halogenated alkanes) is 18. The molecule has 0 rings (SSSR count). The Morgan fingerprint density at radius 2 is 0.892 bits per heavy atom. The molecule has 0 fully saturated rings. The van der Waals surface area contributed by atoms with E-state index in [1.807, 2.05) is 6.92 Å². The zero-order chi connectivity index (χ0) is 28.1. The SMILES string of the molecule is C.CC(CNS)CC(N)=O.CCCCCCCCCCCC.CCCCCCCCCCCC.NC=O. The van der Waals surface area contributed by atoms with Gasteiger partial charge in [0, 0.05) is 13.0 Å². The number of hydrogen-bond donors (Lipinski definition) is 4. The molecule has 228 valence electrons. The van der Waals surface area contributed by atoms with Gasteiger partial charge in [-0.1, -0.05) is 183 Å². The minimum absolute atomic E-state index is 0. The van der Waals surface area contributed by atoms with Gasteiger partial charge in [-0.05, 0) is 5.92 Å². The van der Waals surface area contributed by atoms with Crippen LogP contribution in [0.4, 0.5) is 0 Å². The lowest BCUT2D eigenvalue weighted by molar-refractivity contribution is -0.118. The zero-order valence-corrected chi connectivity index (χ0v) is 26.0. The molecule has 0 saturated heterocycles. The number of carbonyl (C=O) groups is 2. The quantitative estimate of drug-likeness (QED) is 0.0614. The van der Waals surface area contributed by atoms with E-state index >= 15 is 0 Å². The van der Waals surface area contributed by atoms with Gasteiger partial charge in [-0.15, -0.1) is 0 Å². The molecule has 0 aliphatic heterocycles. The lowest BCUT2D eigenvalue weighted by Crippen LogP contribution is -2.20. The van der Waals surface area contributed by atoms with Gasteiger partial charge in [0.25, 0.3) is 0 Å². The normalized spacial score (nSPS) is 10.3. The summed E-state index contributed by atoms with van der Waals surface area (Å²) >= 11 is 3.78. The van der Waals surface area contributed by atoms with Gasteiger partial charge in [-0.3, -0.25) is 14.3 Å². The molecule has 2 amide bonds. The molecule has 6 heteroatoms. The van der Waals surface area contributed by atoms with Crippen LogP contribution in [0.25, 0.3) is 0 Å². The second kappa shape index (κ2) is 48.3. The van der Waals surface area contributed by atoms with Crippen molar-refractivity contribution in [2.45, 2.75) is 177 Å². The van der Waals surface area contributed by atoms with E-state index in [0.29, 0.717) is 13.0 Å². The van der Waals surface area contributed by atoms with Crippen molar-refractivity contribution >= 4 is 25.1 Å². The van der Waals surface area contributed by atoms with E-state index in [0.717, 1.165) is 0 Å². The minimum atomic E-state index is -0.258. The molecule has 5 N–H and O–H groups in total. The minimum Gasteiger partial charge on any atom is -0.372 e. The molecule has 0 aromatic carbocycles. The smallest absolute Gasteiger partial charge is 0.217 e. The number of hydrogen-bond acceptors (Lipinski definition) is 4. The summed E-state index contributed by atoms with van der Waals surface area (Å²) in [5.41, 5.74) is 9.10. The van der Waals surface area contributed by atoms with Crippen molar-refractivity contribution in [2.75, 3.05) is 6.54 Å². The third-order valence-corrected chi connectivity index (χ3v) is 6.09. The maximum atomic E-state index is 10.3. The van der Waals surface area contributed by atoms with Crippen molar-refractivity contribution in [3.63, 3.8) is 0 Å². The van der Waals surface area contributed by atoms with E-state index in [1.54, 1.807) is 0 Å². The highest BCUT2D eigenvalue weighted by Crippen LogP contribution is 2.11. The van der Waals surface area contributed by atoms with Crippen molar-refractivity contribution in [3.8, 4) is 0 Å². The summed E-state index contributed by atoms with van der Waals surface area (Å²) in [5, 5.41) is 0. The van der Waals surface area contributed by atoms with Crippen LogP contribution in [0.3, 0.4) is 0 Å². The molecule has 0 heterocycles. The van der Waals surface area contributed by atoms with Gasteiger partial charge in [-0.2, -0.15) is 0 Å². The van der Waals surface area contributed by atoms with Crippen LogP contribution in [0.2, 0.25) is 0 Å². The zero-order valence-electron chi connectivity index (χ0n) is 25.1. The summed E-state index contributed by atoms with van der Waals surface area (Å²) in [6, 6.07) is 0. The van der Waals surface area contributed by atoms with Crippen LogP contribution in [0, 0.1) is 5.92 Å². The van der Waals surface area contributed by atoms with Crippen LogP contribution in [0.1, 0.15) is 177 Å². The van der Waals surface area contributed by atoms with Crippen LogP contribution >= 0.6 is 12.8 Å². The number of carbonyl (C=O) groups excluding carboxylic acids is 2. The van der Waals surface area contributed by atoms with Gasteiger partial charge >= 0.3 is 0 Å². The van der Waals surface area contributed by atoms with Gasteiger partial charge in [0.2, 0.25) is 12.3 Å². The third-order valence-electron chi connectivity index (χ3n) is 5.90. The van der Waals surface area contributed by atoms with Gasteiger partial charge in [0.15, 0.2) is 0 Å². The molecule has 0 aromatic heterocycles. The molecular weight excluding hydrogens is 478 g/mol. The van der Waals surface area contributed by atoms with E-state index in [1.165, 1.54) is 128 Å². The van der Waals surface area contributed by atoms with Crippen molar-refractivity contribution in [2.24, 2.45) is 17.4 Å². The van der Waals surface area contributed by atoms with E-state index in [2.05, 4.69) is 51.0 Å². The van der Waals surface area contributed by atoms with E-state index in [9.17, 15) is 4.79 Å². The second-order valence-corrected chi connectivity index (χ2v) is 10.2. The predicted molar refractivity (Wildman–Crippen MR) is 172 cm³/mol. The first-order valence-electron chi connectivity index (χ1n) is 15.2. The Kier molecular flexibility index (Phi) is 60.2. The average molecular weight is 550 g/mol. The molecule has 0 saturated carbocycles. The topological polar surface area (TPSA) is 98.2 Å². The molecule has 0 spiro atoms. The fraction of sp³-hybridized carbons (Fsp3) is 0.935. The van der Waals surface area contributed by atoms with Crippen molar-refractivity contribution in [1.29, 1.82) is 0 Å². The number of primary amides is 2. The molecule has 0 aliphatic carbocycles. The largest absolute Gasteiger partial charge is 0.372 e. The standard InChI is InChI=1S/2C12H26.C5H12N2OS.CH3NO.CH4/c2*1-3-5-7-9-11-12-10-8-6-4-2;1-4(3-7-9)2-5(6)8;2-1-3;/h2*3-12H2,1-2H3;4,7,9H,2-3H2,1H3,(H2,6,8);1H,(H2,2,3);1H4. The molecule has 1 unspecified atom stereocenters. The highest BCUT2D eigenvalue weighted by molar-refractivity contribution is 7.78. The molecule has 1 atom stereocenters. The molecule has 0 bridgehead atoms. The predicted octanol–water partition coefficient (Wildman–Crippen LogP) is 9.52. The molecule has 0 radical (unpaired) electrons. The first-order valence-corrected chi connectivity index (χ1v) is 15.7. The maximum absolute atomic E-state index is 10.3. The molecule has 37 heavy (non-hydrogen) atoms. The second-order valence-electron chi connectivity index (χ2n) is 9.93. The number of nitrogens with two attached hydrogens (primary N) is 2. The summed E-state index contributed by atoms with van der Waals surface area (Å²) in [7, 11) is 0. The molecular formula is C31H71N3O2S. The lowest BCUT2D eigenvalue weighted by atomic mass is 10.1. The summed E-state index contributed by atoms with van der Waals surface area (Å²) in [5.74, 6) is 0.0195. The Morgan fingerprint density at radius 1 is 0.676 bits per heavy atom. The monoisotopic (exact) mass is 550 g/mol. The van der Waals surface area contributed by atoms with Crippen molar-refractivity contribution < 1.29 is 9.59 Å². The molecule has 0 aromatic rings. The van der Waals surface area contributed by atoms with Crippen LogP contribution in [-0.4, -0.2) is 18.9 Å². The highest BCUT2D eigenvalue weighted by atomic mass is 32.1. The summed E-state index contributed by atoms with van der Waals surface area (Å²) < 4.78 is 2.66. The van der Waals surface area contributed by atoms with E-state index in [4.69, 9.17) is 10.5 Å². The first-order chi connectivity index (χ1) is 17.4. The van der Waals surface area contributed by atoms with Gasteiger partial charge < -0.3 is 11.5 Å². The Bertz CT molecular complexity index is 345. The van der Waals surface area contributed by atoms with Crippen LogP contribution in [-0.2, 0) is 9.59 Å². The summed E-state index contributed by atoms with van der Waals surface area (Å²) in [4.78, 5) is 18.8. The van der Waals surface area contributed by atoms with Crippen LogP contribution in [0.5, 0.6) is 0 Å². The summed E-state index contributed by atoms with van der Waals surface area (Å²) in [6.07, 6.45) is 29.6. The fourth-order valence-electron chi connectivity index (χ4n) is 3.69. The third kappa shape index (κ3) is 66.3. The van der Waals surface area contributed by atoms with Gasteiger partial charge in [-0.25, -0.2) is 0 Å². The first kappa shape index (κ1) is 46.1. The van der Waals surface area contributed by atoms with Crippen LogP contribution < -0.4 is 16.2 Å². The molecule has 5 nitrogen and oxygen atoms in total. The Balaban J connectivity index is -0.000000131. The maximum Gasteiger partial charge on any atom is 0.217 e. The van der Waals surface area contributed by atoms with E-state index < -0.39 is 0 Å². The number of amides is 2. The number of thiol groups is 1. The fourth-order valence-corrected chi connectivity index (χ4v) is 4.00. The Hall–Kier alpha value is -0.750. The highest BCUT2D eigenvalue weighted by Gasteiger charge is 2.03. The average Bonchev–Trinajstić information content (AvgIpc) is 2.84. The summed E-state index contributed by atoms with van der Waals surface area (Å²) in [6.45, 7) is 11.8. The van der Waals surface area contributed by atoms with Crippen molar-refractivity contribution in [3.05, 3.63) is 0 Å². The van der Waals surface area contributed by atoms with Crippen molar-refractivity contribution in [1.82, 2.24) is 4.72 Å². The molecule has 0 aliphatic rings. The van der Waals surface area contributed by atoms with Crippen LogP contribution in [0.15, 0.2) is 0 Å². The number of nitrogens with one attached hydrogen (secondary N) is 1.